The van der Waals surface area contributed by atoms with Crippen LogP contribution in [0.4, 0.5) is 0 Å². The van der Waals surface area contributed by atoms with Gasteiger partial charge in [0.15, 0.2) is 0 Å². The Morgan fingerprint density at radius 2 is 1.86 bits per heavy atom. The molecule has 4 heteroatoms. The van der Waals surface area contributed by atoms with Crippen molar-refractivity contribution in [2.24, 2.45) is 7.05 Å². The van der Waals surface area contributed by atoms with Gasteiger partial charge in [0, 0.05) is 7.05 Å². The number of benzene rings is 1. The molecule has 2 rings (SSSR count). The van der Waals surface area contributed by atoms with Gasteiger partial charge in [-0.05, 0) is 23.1 Å². The zero-order valence-corrected chi connectivity index (χ0v) is 14.2. The molecule has 0 spiro atoms. The lowest BCUT2D eigenvalue weighted by molar-refractivity contribution is 0.569. The van der Waals surface area contributed by atoms with Crippen molar-refractivity contribution in [2.45, 2.75) is 39.2 Å². The van der Waals surface area contributed by atoms with E-state index >= 15 is 0 Å². The smallest absolute Gasteiger partial charge is 0.0837 e. The molecule has 1 N–H and O–H groups in total. The van der Waals surface area contributed by atoms with Crippen molar-refractivity contribution in [3.05, 3.63) is 52.3 Å². The van der Waals surface area contributed by atoms with Crippen LogP contribution in [0.25, 0.3) is 0 Å². The quantitative estimate of drug-likeness (QED) is 0.923. The van der Waals surface area contributed by atoms with Gasteiger partial charge in [0.25, 0.3) is 0 Å². The molecule has 1 heterocycles. The molecule has 1 atom stereocenters. The van der Waals surface area contributed by atoms with Crippen LogP contribution in [-0.2, 0) is 12.5 Å². The summed E-state index contributed by atoms with van der Waals surface area (Å²) < 4.78 is 1.84. The lowest BCUT2D eigenvalue weighted by Crippen LogP contribution is -2.24. The van der Waals surface area contributed by atoms with Gasteiger partial charge in [0.1, 0.15) is 0 Å². The van der Waals surface area contributed by atoms with Crippen molar-refractivity contribution in [3.63, 3.8) is 0 Å². The minimum Gasteiger partial charge on any atom is -0.305 e. The number of halogens is 1. The fourth-order valence-electron chi connectivity index (χ4n) is 2.50. The average molecular weight is 306 g/mol. The summed E-state index contributed by atoms with van der Waals surface area (Å²) in [6.07, 6.45) is 1.70. The van der Waals surface area contributed by atoms with Crippen molar-refractivity contribution < 1.29 is 0 Å². The third kappa shape index (κ3) is 3.47. The second-order valence-electron chi connectivity index (χ2n) is 6.36. The highest BCUT2D eigenvalue weighted by molar-refractivity contribution is 6.31. The standard InChI is InChI=1S/C17H24ClN3/c1-6-19-15(16-14(18)11-20-21(16)5)12-7-9-13(10-8-12)17(2,3)4/h7-11,15,19H,6H2,1-5H3. The first-order valence-corrected chi connectivity index (χ1v) is 7.73. The van der Waals surface area contributed by atoms with Gasteiger partial charge in [-0.3, -0.25) is 4.68 Å². The van der Waals surface area contributed by atoms with Crippen LogP contribution in [-0.4, -0.2) is 16.3 Å². The number of hydrogen-bond donors (Lipinski definition) is 1. The Kier molecular flexibility index (Phi) is 4.74. The van der Waals surface area contributed by atoms with Gasteiger partial charge >= 0.3 is 0 Å². The average Bonchev–Trinajstić information content (AvgIpc) is 2.75. The zero-order valence-electron chi connectivity index (χ0n) is 13.4. The summed E-state index contributed by atoms with van der Waals surface area (Å²) in [5, 5.41) is 8.44. The Bertz CT molecular complexity index is 574. The first-order chi connectivity index (χ1) is 9.84. The minimum absolute atomic E-state index is 0.0593. The number of hydrogen-bond acceptors (Lipinski definition) is 2. The summed E-state index contributed by atoms with van der Waals surface area (Å²) in [5.74, 6) is 0. The normalized spacial score (nSPS) is 13.4. The van der Waals surface area contributed by atoms with Crippen LogP contribution < -0.4 is 5.32 Å². The van der Waals surface area contributed by atoms with E-state index in [2.05, 4.69) is 62.4 Å². The van der Waals surface area contributed by atoms with Crippen LogP contribution in [0.1, 0.15) is 50.6 Å². The summed E-state index contributed by atoms with van der Waals surface area (Å²) in [7, 11) is 1.93. The van der Waals surface area contributed by atoms with Gasteiger partial charge < -0.3 is 5.32 Å². The summed E-state index contributed by atoms with van der Waals surface area (Å²) in [6, 6.07) is 8.81. The van der Waals surface area contributed by atoms with Crippen LogP contribution in [0.5, 0.6) is 0 Å². The molecule has 0 bridgehead atoms. The van der Waals surface area contributed by atoms with E-state index < -0.39 is 0 Å². The van der Waals surface area contributed by atoms with Gasteiger partial charge in [0.2, 0.25) is 0 Å². The highest BCUT2D eigenvalue weighted by Crippen LogP contribution is 2.29. The number of aryl methyl sites for hydroxylation is 1. The Labute approximate surface area is 132 Å². The molecule has 0 amide bonds. The van der Waals surface area contributed by atoms with Crippen molar-refractivity contribution in [2.75, 3.05) is 6.54 Å². The molecule has 0 radical (unpaired) electrons. The van der Waals surface area contributed by atoms with Crippen molar-refractivity contribution >= 4 is 11.6 Å². The van der Waals surface area contributed by atoms with Crippen molar-refractivity contribution in [1.82, 2.24) is 15.1 Å². The summed E-state index contributed by atoms with van der Waals surface area (Å²) in [6.45, 7) is 9.64. The summed E-state index contributed by atoms with van der Waals surface area (Å²) in [4.78, 5) is 0. The van der Waals surface area contributed by atoms with Crippen LogP contribution in [0, 0.1) is 0 Å². The third-order valence-corrected chi connectivity index (χ3v) is 4.02. The van der Waals surface area contributed by atoms with Gasteiger partial charge in [0.05, 0.1) is 23.0 Å². The molecule has 0 aliphatic carbocycles. The third-order valence-electron chi connectivity index (χ3n) is 3.73. The molecule has 0 fully saturated rings. The molecule has 114 valence electrons. The molecule has 1 aromatic heterocycles. The van der Waals surface area contributed by atoms with E-state index in [4.69, 9.17) is 11.6 Å². The van der Waals surface area contributed by atoms with Crippen molar-refractivity contribution in [1.29, 1.82) is 0 Å². The number of nitrogens with zero attached hydrogens (tertiary/aromatic N) is 2. The minimum atomic E-state index is 0.0593. The largest absolute Gasteiger partial charge is 0.305 e. The molecule has 0 aliphatic rings. The first-order valence-electron chi connectivity index (χ1n) is 7.35. The molecule has 3 nitrogen and oxygen atoms in total. The van der Waals surface area contributed by atoms with Gasteiger partial charge in [-0.15, -0.1) is 0 Å². The Hall–Kier alpha value is -1.32. The van der Waals surface area contributed by atoms with Crippen molar-refractivity contribution in [3.8, 4) is 0 Å². The predicted molar refractivity (Wildman–Crippen MR) is 88.9 cm³/mol. The predicted octanol–water partition coefficient (Wildman–Crippen LogP) is 4.07. The number of rotatable bonds is 4. The maximum Gasteiger partial charge on any atom is 0.0837 e. The van der Waals surface area contributed by atoms with E-state index in [9.17, 15) is 0 Å². The van der Waals surface area contributed by atoms with Crippen LogP contribution in [0.3, 0.4) is 0 Å². The molecule has 0 saturated heterocycles. The summed E-state index contributed by atoms with van der Waals surface area (Å²) >= 11 is 6.31. The number of aromatic nitrogens is 2. The second kappa shape index (κ2) is 6.20. The van der Waals surface area contributed by atoms with E-state index in [1.807, 2.05) is 11.7 Å². The molecular weight excluding hydrogens is 282 g/mol. The SMILES string of the molecule is CCNC(c1ccc(C(C)(C)C)cc1)c1c(Cl)cnn1C. The summed E-state index contributed by atoms with van der Waals surface area (Å²) in [5.41, 5.74) is 3.70. The van der Waals surface area contributed by atoms with E-state index in [1.54, 1.807) is 6.20 Å². The zero-order chi connectivity index (χ0) is 15.6. The Morgan fingerprint density at radius 3 is 2.29 bits per heavy atom. The molecule has 0 aliphatic heterocycles. The molecule has 2 aromatic rings. The highest BCUT2D eigenvalue weighted by Gasteiger charge is 2.21. The van der Waals surface area contributed by atoms with Crippen LogP contribution >= 0.6 is 11.6 Å². The van der Waals surface area contributed by atoms with Gasteiger partial charge in [-0.25, -0.2) is 0 Å². The maximum atomic E-state index is 6.31. The number of nitrogens with one attached hydrogen (secondary N) is 1. The second-order valence-corrected chi connectivity index (χ2v) is 6.77. The monoisotopic (exact) mass is 305 g/mol. The fourth-order valence-corrected chi connectivity index (χ4v) is 2.77. The highest BCUT2D eigenvalue weighted by atomic mass is 35.5. The fraction of sp³-hybridized carbons (Fsp3) is 0.471. The lowest BCUT2D eigenvalue weighted by atomic mass is 9.86. The maximum absolute atomic E-state index is 6.31. The molecule has 21 heavy (non-hydrogen) atoms. The van der Waals surface area contributed by atoms with Crippen LogP contribution in [0.15, 0.2) is 30.5 Å². The topological polar surface area (TPSA) is 29.9 Å². The molecule has 0 saturated carbocycles. The molecular formula is C17H24ClN3. The first kappa shape index (κ1) is 16.1. The molecule has 1 unspecified atom stereocenters. The van der Waals surface area contributed by atoms with E-state index in [1.165, 1.54) is 11.1 Å². The molecule has 1 aromatic carbocycles. The van der Waals surface area contributed by atoms with E-state index in [0.29, 0.717) is 5.02 Å². The van der Waals surface area contributed by atoms with E-state index in [-0.39, 0.29) is 11.5 Å². The van der Waals surface area contributed by atoms with Crippen LogP contribution in [0.2, 0.25) is 5.02 Å². The van der Waals surface area contributed by atoms with Gasteiger partial charge in [-0.1, -0.05) is 63.6 Å². The van der Waals surface area contributed by atoms with Gasteiger partial charge in [-0.2, -0.15) is 5.10 Å². The Morgan fingerprint density at radius 1 is 1.24 bits per heavy atom. The Balaban J connectivity index is 2.40. The lowest BCUT2D eigenvalue weighted by Gasteiger charge is -2.22. The van der Waals surface area contributed by atoms with E-state index in [0.717, 1.165) is 12.2 Å².